The van der Waals surface area contributed by atoms with Gasteiger partial charge in [-0.25, -0.2) is 4.98 Å². The maximum atomic E-state index is 5.63. The van der Waals surface area contributed by atoms with Crippen molar-refractivity contribution in [1.82, 2.24) is 14.9 Å². The molecule has 17 heavy (non-hydrogen) atoms. The molecular formula is C13H21N3O. The largest absolute Gasteiger partial charge is 0.378 e. The van der Waals surface area contributed by atoms with E-state index < -0.39 is 0 Å². The fraction of sp³-hybridized carbons (Fsp3) is 0.769. The molecule has 0 saturated carbocycles. The maximum absolute atomic E-state index is 5.63. The molecule has 0 bridgehead atoms. The summed E-state index contributed by atoms with van der Waals surface area (Å²) >= 11 is 0. The summed E-state index contributed by atoms with van der Waals surface area (Å²) in [5.41, 5.74) is 1.35. The third-order valence-corrected chi connectivity index (χ3v) is 4.13. The van der Waals surface area contributed by atoms with Gasteiger partial charge in [-0.1, -0.05) is 0 Å². The van der Waals surface area contributed by atoms with Gasteiger partial charge in [-0.15, -0.1) is 0 Å². The summed E-state index contributed by atoms with van der Waals surface area (Å²) in [6.07, 6.45) is 8.07. The van der Waals surface area contributed by atoms with Crippen LogP contribution in [0.15, 0.2) is 12.5 Å². The summed E-state index contributed by atoms with van der Waals surface area (Å²) in [5, 5.41) is 3.54. The normalized spacial score (nSPS) is 33.4. The van der Waals surface area contributed by atoms with E-state index in [1.807, 2.05) is 12.5 Å². The van der Waals surface area contributed by atoms with Crippen molar-refractivity contribution in [2.75, 3.05) is 13.2 Å². The van der Waals surface area contributed by atoms with Crippen LogP contribution in [-0.2, 0) is 11.3 Å². The number of nitrogens with one attached hydrogen (secondary N) is 1. The molecule has 1 aromatic heterocycles. The second-order valence-corrected chi connectivity index (χ2v) is 5.24. The maximum Gasteiger partial charge on any atom is 0.0948 e. The highest BCUT2D eigenvalue weighted by molar-refractivity contribution is 5.07. The number of hydrogen-bond donors (Lipinski definition) is 1. The summed E-state index contributed by atoms with van der Waals surface area (Å²) in [7, 11) is 0. The second-order valence-electron chi connectivity index (χ2n) is 5.24. The van der Waals surface area contributed by atoms with Gasteiger partial charge in [-0.3, -0.25) is 0 Å². The Hall–Kier alpha value is -0.870. The topological polar surface area (TPSA) is 39.1 Å². The van der Waals surface area contributed by atoms with E-state index in [0.717, 1.165) is 19.7 Å². The van der Waals surface area contributed by atoms with E-state index in [1.165, 1.54) is 25.0 Å². The van der Waals surface area contributed by atoms with Gasteiger partial charge >= 0.3 is 0 Å². The minimum Gasteiger partial charge on any atom is -0.378 e. The minimum absolute atomic E-state index is 0.391. The molecule has 3 rings (SSSR count). The Labute approximate surface area is 102 Å². The van der Waals surface area contributed by atoms with Crippen molar-refractivity contribution in [3.05, 3.63) is 18.2 Å². The molecule has 0 amide bonds. The summed E-state index contributed by atoms with van der Waals surface area (Å²) in [6, 6.07) is 0.509. The standard InChI is InChI=1S/C13H21N3O/c1-10-11(4-6-17-10)8-16-9-14-7-13(16)12-3-2-5-15-12/h7,9-12,15H,2-6,8H2,1H3. The molecule has 2 aliphatic heterocycles. The van der Waals surface area contributed by atoms with Crippen molar-refractivity contribution in [3.8, 4) is 0 Å². The molecule has 4 nitrogen and oxygen atoms in total. The monoisotopic (exact) mass is 235 g/mol. The van der Waals surface area contributed by atoms with E-state index >= 15 is 0 Å². The SMILES string of the molecule is CC1OCCC1Cn1cncc1C1CCCN1. The highest BCUT2D eigenvalue weighted by atomic mass is 16.5. The van der Waals surface area contributed by atoms with E-state index in [9.17, 15) is 0 Å². The zero-order chi connectivity index (χ0) is 11.7. The minimum atomic E-state index is 0.391. The smallest absolute Gasteiger partial charge is 0.0948 e. The summed E-state index contributed by atoms with van der Waals surface area (Å²) in [6.45, 7) is 5.28. The Bertz CT molecular complexity index is 370. The van der Waals surface area contributed by atoms with Crippen molar-refractivity contribution < 1.29 is 4.74 Å². The zero-order valence-electron chi connectivity index (χ0n) is 10.4. The van der Waals surface area contributed by atoms with Crippen LogP contribution in [0, 0.1) is 5.92 Å². The highest BCUT2D eigenvalue weighted by Crippen LogP contribution is 2.26. The van der Waals surface area contributed by atoms with Gasteiger partial charge in [-0.2, -0.15) is 0 Å². The number of ether oxygens (including phenoxy) is 1. The molecule has 3 heterocycles. The Balaban J connectivity index is 1.72. The number of imidazole rings is 1. The van der Waals surface area contributed by atoms with Gasteiger partial charge < -0.3 is 14.6 Å². The molecule has 3 unspecified atom stereocenters. The second kappa shape index (κ2) is 4.78. The molecule has 0 aromatic carbocycles. The van der Waals surface area contributed by atoms with Gasteiger partial charge in [-0.05, 0) is 32.7 Å². The van der Waals surface area contributed by atoms with Crippen LogP contribution in [-0.4, -0.2) is 28.8 Å². The molecule has 0 aliphatic carbocycles. The number of nitrogens with zero attached hydrogens (tertiary/aromatic N) is 2. The van der Waals surface area contributed by atoms with Crippen LogP contribution >= 0.6 is 0 Å². The van der Waals surface area contributed by atoms with E-state index in [2.05, 4.69) is 21.8 Å². The van der Waals surface area contributed by atoms with E-state index in [1.54, 1.807) is 0 Å². The molecule has 4 heteroatoms. The Morgan fingerprint density at radius 2 is 2.47 bits per heavy atom. The van der Waals surface area contributed by atoms with Gasteiger partial charge in [0.1, 0.15) is 0 Å². The lowest BCUT2D eigenvalue weighted by molar-refractivity contribution is 0.101. The third-order valence-electron chi connectivity index (χ3n) is 4.13. The van der Waals surface area contributed by atoms with Crippen molar-refractivity contribution in [1.29, 1.82) is 0 Å². The van der Waals surface area contributed by atoms with Crippen LogP contribution in [0.3, 0.4) is 0 Å². The first kappa shape index (κ1) is 11.2. The van der Waals surface area contributed by atoms with E-state index in [0.29, 0.717) is 18.1 Å². The van der Waals surface area contributed by atoms with Crippen LogP contribution < -0.4 is 5.32 Å². The van der Waals surface area contributed by atoms with Crippen molar-refractivity contribution in [2.45, 2.75) is 44.9 Å². The van der Waals surface area contributed by atoms with Crippen LogP contribution in [0.2, 0.25) is 0 Å². The van der Waals surface area contributed by atoms with Crippen LogP contribution in [0.5, 0.6) is 0 Å². The fourth-order valence-corrected chi connectivity index (χ4v) is 2.98. The van der Waals surface area contributed by atoms with Crippen LogP contribution in [0.4, 0.5) is 0 Å². The number of aromatic nitrogens is 2. The molecule has 2 fully saturated rings. The lowest BCUT2D eigenvalue weighted by atomic mass is 10.0. The summed E-state index contributed by atoms with van der Waals surface area (Å²) in [4.78, 5) is 4.32. The van der Waals surface area contributed by atoms with E-state index in [4.69, 9.17) is 4.74 Å². The fourth-order valence-electron chi connectivity index (χ4n) is 2.98. The molecule has 1 N–H and O–H groups in total. The van der Waals surface area contributed by atoms with Gasteiger partial charge in [0, 0.05) is 31.3 Å². The zero-order valence-corrected chi connectivity index (χ0v) is 10.4. The Morgan fingerprint density at radius 1 is 1.53 bits per heavy atom. The van der Waals surface area contributed by atoms with Gasteiger partial charge in [0.15, 0.2) is 0 Å². The van der Waals surface area contributed by atoms with Gasteiger partial charge in [0.25, 0.3) is 0 Å². The molecule has 0 radical (unpaired) electrons. The highest BCUT2D eigenvalue weighted by Gasteiger charge is 2.26. The third kappa shape index (κ3) is 2.24. The van der Waals surface area contributed by atoms with Crippen LogP contribution in [0.1, 0.15) is 37.9 Å². The average molecular weight is 235 g/mol. The summed E-state index contributed by atoms with van der Waals surface area (Å²) in [5.74, 6) is 0.643. The predicted octanol–water partition coefficient (Wildman–Crippen LogP) is 1.73. The predicted molar refractivity (Wildman–Crippen MR) is 65.7 cm³/mol. The average Bonchev–Trinajstić information content (AvgIpc) is 3.02. The lowest BCUT2D eigenvalue weighted by Gasteiger charge is -2.19. The molecule has 2 saturated heterocycles. The number of hydrogen-bond acceptors (Lipinski definition) is 3. The Morgan fingerprint density at radius 3 is 3.18 bits per heavy atom. The molecule has 94 valence electrons. The van der Waals surface area contributed by atoms with E-state index in [-0.39, 0.29) is 0 Å². The van der Waals surface area contributed by atoms with Gasteiger partial charge in [0.05, 0.1) is 18.1 Å². The Kier molecular flexibility index (Phi) is 3.16. The molecule has 2 aliphatic rings. The first-order chi connectivity index (χ1) is 8.34. The van der Waals surface area contributed by atoms with Crippen LogP contribution in [0.25, 0.3) is 0 Å². The lowest BCUT2D eigenvalue weighted by Crippen LogP contribution is -2.22. The molecule has 3 atom stereocenters. The van der Waals surface area contributed by atoms with Gasteiger partial charge in [0.2, 0.25) is 0 Å². The quantitative estimate of drug-likeness (QED) is 0.867. The first-order valence-electron chi connectivity index (χ1n) is 6.69. The number of rotatable bonds is 3. The molecule has 1 aromatic rings. The van der Waals surface area contributed by atoms with Crippen molar-refractivity contribution in [2.24, 2.45) is 5.92 Å². The first-order valence-corrected chi connectivity index (χ1v) is 6.69. The summed E-state index contributed by atoms with van der Waals surface area (Å²) < 4.78 is 7.95. The van der Waals surface area contributed by atoms with Crippen molar-refractivity contribution in [3.63, 3.8) is 0 Å². The molecular weight excluding hydrogens is 214 g/mol. The molecule has 0 spiro atoms. The van der Waals surface area contributed by atoms with Crippen molar-refractivity contribution >= 4 is 0 Å².